The number of aryl methyl sites for hydroxylation is 1. The third-order valence-corrected chi connectivity index (χ3v) is 6.36. The van der Waals surface area contributed by atoms with Gasteiger partial charge in [-0.15, -0.1) is 0 Å². The van der Waals surface area contributed by atoms with Crippen LogP contribution in [0.4, 0.5) is 18.9 Å². The molecule has 3 aromatic rings. The van der Waals surface area contributed by atoms with Crippen molar-refractivity contribution >= 4 is 22.5 Å². The minimum Gasteiger partial charge on any atom is -0.395 e. The number of fused-ring (bicyclic) bond motifs is 1. The van der Waals surface area contributed by atoms with Gasteiger partial charge in [-0.25, -0.2) is 4.98 Å². The van der Waals surface area contributed by atoms with Gasteiger partial charge in [-0.1, -0.05) is 0 Å². The van der Waals surface area contributed by atoms with Gasteiger partial charge in [0, 0.05) is 50.0 Å². The number of amides is 1. The highest BCUT2D eigenvalue weighted by Gasteiger charge is 2.35. The lowest BCUT2D eigenvalue weighted by Gasteiger charge is -2.34. The number of anilines is 1. The number of aliphatic hydroxyl groups is 1. The van der Waals surface area contributed by atoms with E-state index in [1.165, 1.54) is 13.0 Å². The van der Waals surface area contributed by atoms with Crippen LogP contribution < -0.4 is 10.9 Å². The quantitative estimate of drug-likeness (QED) is 0.478. The number of halogens is 3. The number of piperazine rings is 1. The molecule has 2 aromatic carbocycles. The predicted molar refractivity (Wildman–Crippen MR) is 130 cm³/mol. The van der Waals surface area contributed by atoms with Crippen molar-refractivity contribution in [2.24, 2.45) is 0 Å². The third-order valence-electron chi connectivity index (χ3n) is 6.36. The molecular weight excluding hydrogens is 475 g/mol. The first-order valence-electron chi connectivity index (χ1n) is 11.7. The summed E-state index contributed by atoms with van der Waals surface area (Å²) in [6.45, 7) is 6.26. The third kappa shape index (κ3) is 5.52. The van der Waals surface area contributed by atoms with Crippen LogP contribution in [0.2, 0.25) is 0 Å². The Hall–Kier alpha value is -3.44. The number of nitrogens with zero attached hydrogens (tertiary/aromatic N) is 3. The Labute approximate surface area is 205 Å². The number of rotatable bonds is 6. The van der Waals surface area contributed by atoms with Crippen LogP contribution in [0.25, 0.3) is 10.9 Å². The van der Waals surface area contributed by atoms with Gasteiger partial charge in [-0.05, 0) is 55.8 Å². The van der Waals surface area contributed by atoms with Crippen LogP contribution in [0.1, 0.15) is 40.3 Å². The van der Waals surface area contributed by atoms with Gasteiger partial charge in [-0.3, -0.25) is 14.5 Å². The molecule has 8 nitrogen and oxygen atoms in total. The highest BCUT2D eigenvalue weighted by atomic mass is 19.4. The van der Waals surface area contributed by atoms with E-state index in [4.69, 9.17) is 5.11 Å². The second-order valence-corrected chi connectivity index (χ2v) is 8.91. The van der Waals surface area contributed by atoms with E-state index in [1.807, 2.05) is 0 Å². The van der Waals surface area contributed by atoms with Gasteiger partial charge in [0.15, 0.2) is 0 Å². The zero-order chi connectivity index (χ0) is 26.0. The number of aromatic nitrogens is 2. The number of β-amino-alcohol motifs (C(OH)–C–C–N with tert-alkyl or cyclic N) is 1. The minimum absolute atomic E-state index is 0.0143. The van der Waals surface area contributed by atoms with Gasteiger partial charge in [0.2, 0.25) is 0 Å². The SMILES string of the molecule is Cc1nc2cc(C(F)(F)F)c([C@H](C)Nc3ccc(C(=O)N4CCN(CCO)CC4)cc3)cc2c(=O)[nH]1. The monoisotopic (exact) mass is 503 g/mol. The average Bonchev–Trinajstić information content (AvgIpc) is 2.83. The number of aromatic amines is 1. The lowest BCUT2D eigenvalue weighted by atomic mass is 9.98. The zero-order valence-electron chi connectivity index (χ0n) is 20.0. The number of nitrogens with one attached hydrogen (secondary N) is 2. The molecule has 1 aromatic heterocycles. The molecule has 11 heteroatoms. The van der Waals surface area contributed by atoms with Crippen molar-refractivity contribution in [3.63, 3.8) is 0 Å². The minimum atomic E-state index is -4.63. The van der Waals surface area contributed by atoms with E-state index in [2.05, 4.69) is 20.2 Å². The lowest BCUT2D eigenvalue weighted by Crippen LogP contribution is -2.49. The maximum Gasteiger partial charge on any atom is 0.416 e. The first kappa shape index (κ1) is 25.6. The predicted octanol–water partition coefficient (Wildman–Crippen LogP) is 3.17. The smallest absolute Gasteiger partial charge is 0.395 e. The topological polar surface area (TPSA) is 102 Å². The van der Waals surface area contributed by atoms with Crippen LogP contribution >= 0.6 is 0 Å². The van der Waals surface area contributed by atoms with Crippen molar-refractivity contribution in [3.8, 4) is 0 Å². The average molecular weight is 504 g/mol. The normalized spacial score (nSPS) is 15.8. The highest BCUT2D eigenvalue weighted by molar-refractivity contribution is 5.94. The van der Waals surface area contributed by atoms with Crippen LogP contribution in [-0.2, 0) is 6.18 Å². The summed E-state index contributed by atoms with van der Waals surface area (Å²) >= 11 is 0. The first-order chi connectivity index (χ1) is 17.1. The highest BCUT2D eigenvalue weighted by Crippen LogP contribution is 2.37. The largest absolute Gasteiger partial charge is 0.416 e. The lowest BCUT2D eigenvalue weighted by molar-refractivity contribution is -0.138. The fraction of sp³-hybridized carbons (Fsp3) is 0.400. The van der Waals surface area contributed by atoms with E-state index in [0.717, 1.165) is 6.07 Å². The summed E-state index contributed by atoms with van der Waals surface area (Å²) in [4.78, 5) is 35.6. The first-order valence-corrected chi connectivity index (χ1v) is 11.7. The number of carbonyl (C=O) groups excluding carboxylic acids is 1. The molecule has 2 heterocycles. The van der Waals surface area contributed by atoms with Crippen LogP contribution in [-0.4, -0.2) is 70.1 Å². The molecule has 1 saturated heterocycles. The molecule has 192 valence electrons. The van der Waals surface area contributed by atoms with E-state index < -0.39 is 23.3 Å². The van der Waals surface area contributed by atoms with E-state index in [0.29, 0.717) is 44.0 Å². The molecule has 0 bridgehead atoms. The molecule has 0 unspecified atom stereocenters. The number of alkyl halides is 3. The molecule has 1 aliphatic heterocycles. The van der Waals surface area contributed by atoms with Crippen molar-refractivity contribution in [1.29, 1.82) is 0 Å². The Balaban J connectivity index is 1.52. The number of aliphatic hydroxyl groups excluding tert-OH is 1. The summed E-state index contributed by atoms with van der Waals surface area (Å²) in [6.07, 6.45) is -4.63. The van der Waals surface area contributed by atoms with Crippen LogP contribution in [0.5, 0.6) is 0 Å². The van der Waals surface area contributed by atoms with Crippen molar-refractivity contribution in [2.45, 2.75) is 26.1 Å². The van der Waals surface area contributed by atoms with E-state index in [1.54, 1.807) is 36.1 Å². The molecule has 1 aliphatic rings. The Morgan fingerprint density at radius 2 is 1.83 bits per heavy atom. The van der Waals surface area contributed by atoms with E-state index in [-0.39, 0.29) is 34.8 Å². The number of hydrogen-bond donors (Lipinski definition) is 3. The molecular formula is C25H28F3N5O3. The Morgan fingerprint density at radius 3 is 2.44 bits per heavy atom. The molecule has 0 aliphatic carbocycles. The Kier molecular flexibility index (Phi) is 7.32. The number of carbonyl (C=O) groups is 1. The molecule has 1 fully saturated rings. The second kappa shape index (κ2) is 10.3. The fourth-order valence-electron chi connectivity index (χ4n) is 4.46. The van der Waals surface area contributed by atoms with Gasteiger partial charge in [0.05, 0.1) is 23.1 Å². The van der Waals surface area contributed by atoms with Gasteiger partial charge < -0.3 is 20.3 Å². The molecule has 1 amide bonds. The molecule has 0 spiro atoms. The Morgan fingerprint density at radius 1 is 1.17 bits per heavy atom. The van der Waals surface area contributed by atoms with E-state index >= 15 is 0 Å². The molecule has 0 saturated carbocycles. The fourth-order valence-corrected chi connectivity index (χ4v) is 4.46. The maximum absolute atomic E-state index is 13.9. The summed E-state index contributed by atoms with van der Waals surface area (Å²) in [5.74, 6) is 0.121. The van der Waals surface area contributed by atoms with Crippen molar-refractivity contribution < 1.29 is 23.1 Å². The van der Waals surface area contributed by atoms with Crippen molar-refractivity contribution in [1.82, 2.24) is 19.8 Å². The molecule has 1 atom stereocenters. The van der Waals surface area contributed by atoms with E-state index in [9.17, 15) is 22.8 Å². The van der Waals surface area contributed by atoms with Crippen molar-refractivity contribution in [2.75, 3.05) is 44.6 Å². The summed E-state index contributed by atoms with van der Waals surface area (Å²) in [5, 5.41) is 12.2. The second-order valence-electron chi connectivity index (χ2n) is 8.91. The molecule has 4 rings (SSSR count). The summed E-state index contributed by atoms with van der Waals surface area (Å²) in [6, 6.07) is 7.94. The standard InChI is InChI=1S/C25H28F3N5O3/c1-15(19-13-20-22(14-21(19)25(26,27)28)30-16(2)31-23(20)35)29-18-5-3-17(4-6-18)24(36)33-9-7-32(8-10-33)11-12-34/h3-6,13-15,29,34H,7-12H2,1-2H3,(H,30,31,35)/t15-/m0/s1. The van der Waals surface area contributed by atoms with Crippen LogP contribution in [0, 0.1) is 6.92 Å². The van der Waals surface area contributed by atoms with Gasteiger partial charge in [0.1, 0.15) is 5.82 Å². The van der Waals surface area contributed by atoms with Crippen LogP contribution in [0.15, 0.2) is 41.2 Å². The number of H-pyrrole nitrogens is 1. The molecule has 36 heavy (non-hydrogen) atoms. The van der Waals surface area contributed by atoms with Gasteiger partial charge in [0.25, 0.3) is 11.5 Å². The summed E-state index contributed by atoms with van der Waals surface area (Å²) in [7, 11) is 0. The summed E-state index contributed by atoms with van der Waals surface area (Å²) < 4.78 is 41.6. The zero-order valence-corrected chi connectivity index (χ0v) is 20.0. The van der Waals surface area contributed by atoms with Crippen molar-refractivity contribution in [3.05, 3.63) is 69.3 Å². The molecule has 0 radical (unpaired) electrons. The molecule has 3 N–H and O–H groups in total. The number of hydrogen-bond acceptors (Lipinski definition) is 6. The van der Waals surface area contributed by atoms with Crippen LogP contribution in [0.3, 0.4) is 0 Å². The maximum atomic E-state index is 13.9. The summed E-state index contributed by atoms with van der Waals surface area (Å²) in [5.41, 5.74) is -0.430. The van der Waals surface area contributed by atoms with Gasteiger partial charge in [-0.2, -0.15) is 13.2 Å². The number of benzene rings is 2. The Bertz CT molecular complexity index is 1300. The van der Waals surface area contributed by atoms with Gasteiger partial charge >= 0.3 is 6.18 Å².